The Bertz CT molecular complexity index is 1970. The zero-order chi connectivity index (χ0) is 38.0. The van der Waals surface area contributed by atoms with Crippen LogP contribution in [0.15, 0.2) is 100 Å². The van der Waals surface area contributed by atoms with Gasteiger partial charge < -0.3 is 29.2 Å². The van der Waals surface area contributed by atoms with Crippen molar-refractivity contribution in [2.75, 3.05) is 39.3 Å². The van der Waals surface area contributed by atoms with E-state index in [-0.39, 0.29) is 47.0 Å². The molecule has 0 unspecified atom stereocenters. The number of nitrogens with zero attached hydrogens (tertiary/aromatic N) is 2. The number of hydrogen-bond acceptors (Lipinski definition) is 8. The molecule has 1 atom stereocenters. The smallest absolute Gasteiger partial charge is 0.265 e. The third kappa shape index (κ3) is 9.82. The van der Waals surface area contributed by atoms with E-state index in [2.05, 4.69) is 21.2 Å². The highest BCUT2D eigenvalue weighted by Crippen LogP contribution is 2.38. The van der Waals surface area contributed by atoms with Gasteiger partial charge in [-0.15, -0.1) is 0 Å². The number of sulfonamides is 1. The van der Waals surface area contributed by atoms with E-state index in [9.17, 15) is 13.2 Å². The lowest BCUT2D eigenvalue weighted by molar-refractivity contribution is -0.140. The molecular weight excluding hydrogens is 762 g/mol. The maximum atomic E-state index is 15.0. The molecule has 0 aliphatic heterocycles. The van der Waals surface area contributed by atoms with Gasteiger partial charge >= 0.3 is 0 Å². The summed E-state index contributed by atoms with van der Waals surface area (Å²) >= 11 is 3.53. The van der Waals surface area contributed by atoms with Crippen LogP contribution in [0, 0.1) is 0 Å². The fourth-order valence-electron chi connectivity index (χ4n) is 6.54. The number of halogens is 1. The lowest BCUT2D eigenvalue weighted by Crippen LogP contribution is -2.55. The van der Waals surface area contributed by atoms with Crippen LogP contribution in [0.25, 0.3) is 0 Å². The predicted octanol–water partition coefficient (Wildman–Crippen LogP) is 6.77. The highest BCUT2D eigenvalue weighted by Gasteiger charge is 2.37. The lowest BCUT2D eigenvalue weighted by Gasteiger charge is -2.35. The Labute approximate surface area is 320 Å². The first-order valence-electron chi connectivity index (χ1n) is 17.4. The summed E-state index contributed by atoms with van der Waals surface area (Å²) in [5.74, 6) is 0.172. The number of rotatable bonds is 16. The third-order valence-electron chi connectivity index (χ3n) is 9.34. The highest BCUT2D eigenvalue weighted by atomic mass is 79.9. The molecule has 0 bridgehead atoms. The zero-order valence-corrected chi connectivity index (χ0v) is 32.8. The largest absolute Gasteiger partial charge is 0.497 e. The number of carbonyl (C=O) groups is 2. The molecule has 13 heteroatoms. The summed E-state index contributed by atoms with van der Waals surface area (Å²) < 4.78 is 53.2. The van der Waals surface area contributed by atoms with E-state index in [1.807, 2.05) is 54.6 Å². The van der Waals surface area contributed by atoms with Gasteiger partial charge in [0.2, 0.25) is 11.8 Å². The van der Waals surface area contributed by atoms with Crippen molar-refractivity contribution in [2.45, 2.75) is 62.0 Å². The first-order chi connectivity index (χ1) is 25.6. The second-order valence-electron chi connectivity index (χ2n) is 12.8. The zero-order valence-electron chi connectivity index (χ0n) is 30.4. The van der Waals surface area contributed by atoms with Crippen molar-refractivity contribution in [3.8, 4) is 23.0 Å². The van der Waals surface area contributed by atoms with Crippen molar-refractivity contribution >= 4 is 43.5 Å². The molecule has 2 amide bonds. The van der Waals surface area contributed by atoms with E-state index in [0.717, 1.165) is 52.0 Å². The Kier molecular flexibility index (Phi) is 13.6. The quantitative estimate of drug-likeness (QED) is 0.132. The Morgan fingerprint density at radius 3 is 2.11 bits per heavy atom. The Balaban J connectivity index is 1.64. The molecule has 53 heavy (non-hydrogen) atoms. The van der Waals surface area contributed by atoms with Crippen molar-refractivity contribution in [2.24, 2.45) is 0 Å². The molecule has 0 radical (unpaired) electrons. The van der Waals surface area contributed by atoms with E-state index in [1.54, 1.807) is 12.1 Å². The Morgan fingerprint density at radius 1 is 0.774 bits per heavy atom. The average Bonchev–Trinajstić information content (AvgIpc) is 3.18. The van der Waals surface area contributed by atoms with Crippen LogP contribution in [0.1, 0.15) is 43.2 Å². The first kappa shape index (κ1) is 39.5. The molecule has 1 fully saturated rings. The summed E-state index contributed by atoms with van der Waals surface area (Å²) in [6.07, 6.45) is 5.07. The van der Waals surface area contributed by atoms with Gasteiger partial charge in [-0.2, -0.15) is 0 Å². The summed E-state index contributed by atoms with van der Waals surface area (Å²) in [5.41, 5.74) is 1.68. The number of nitrogens with one attached hydrogen (secondary N) is 1. The molecule has 1 aliphatic carbocycles. The number of methoxy groups -OCH3 is 4. The molecule has 4 aromatic carbocycles. The van der Waals surface area contributed by atoms with Crippen LogP contribution < -0.4 is 28.6 Å². The monoisotopic (exact) mass is 807 g/mol. The Morgan fingerprint density at radius 2 is 1.45 bits per heavy atom. The van der Waals surface area contributed by atoms with Gasteiger partial charge in [-0.3, -0.25) is 13.9 Å². The second kappa shape index (κ2) is 18.3. The van der Waals surface area contributed by atoms with Gasteiger partial charge in [0, 0.05) is 35.6 Å². The van der Waals surface area contributed by atoms with Crippen molar-refractivity contribution < 1.29 is 37.0 Å². The van der Waals surface area contributed by atoms with E-state index < -0.39 is 28.5 Å². The van der Waals surface area contributed by atoms with Crippen molar-refractivity contribution in [3.63, 3.8) is 0 Å². The predicted molar refractivity (Wildman–Crippen MR) is 207 cm³/mol. The number of anilines is 1. The maximum absolute atomic E-state index is 15.0. The lowest BCUT2D eigenvalue weighted by atomic mass is 9.94. The molecule has 1 N–H and O–H groups in total. The summed E-state index contributed by atoms with van der Waals surface area (Å²) in [5, 5.41) is 3.23. The van der Waals surface area contributed by atoms with E-state index in [1.165, 1.54) is 57.6 Å². The van der Waals surface area contributed by atoms with Crippen molar-refractivity contribution in [1.82, 2.24) is 10.2 Å². The van der Waals surface area contributed by atoms with Crippen molar-refractivity contribution in [3.05, 3.63) is 107 Å². The molecule has 5 rings (SSSR count). The van der Waals surface area contributed by atoms with E-state index >= 15 is 4.79 Å². The van der Waals surface area contributed by atoms with Crippen molar-refractivity contribution in [1.29, 1.82) is 0 Å². The van der Waals surface area contributed by atoms with Crippen LogP contribution in [0.5, 0.6) is 23.0 Å². The standard InChI is InChI=1S/C40H46BrN3O8S/c1-49-32-18-20-36(50-2)34(24-32)44(53(47,48)33-19-21-37(51-3)38(25-33)52-4)27-39(45)43(26-29-14-11-15-30(41)22-29)35(23-28-12-7-5-8-13-28)40(46)42-31-16-9-6-10-17-31/h5,7-8,11-15,18-22,24-25,31,35H,6,9-10,16-17,23,26-27H2,1-4H3,(H,42,46)/t35-/m0/s1. The normalized spacial score (nSPS) is 13.8. The molecule has 0 saturated heterocycles. The average molecular weight is 809 g/mol. The minimum Gasteiger partial charge on any atom is -0.497 e. The van der Waals surface area contributed by atoms with Crippen LogP contribution in [0.4, 0.5) is 5.69 Å². The molecule has 1 aliphatic rings. The topological polar surface area (TPSA) is 124 Å². The summed E-state index contributed by atoms with van der Waals surface area (Å²) in [6.45, 7) is -0.635. The Hall–Kier alpha value is -4.75. The SMILES string of the molecule is COc1ccc(OC)c(N(CC(=O)N(Cc2cccc(Br)c2)[C@@H](Cc2ccccc2)C(=O)NC2CCCCC2)S(=O)(=O)c2ccc(OC)c(OC)c2)c1. The molecule has 0 spiro atoms. The van der Waals surface area contributed by atoms with Gasteiger partial charge in [-0.1, -0.05) is 77.7 Å². The van der Waals surface area contributed by atoms with Gasteiger partial charge in [-0.25, -0.2) is 8.42 Å². The fraction of sp³-hybridized carbons (Fsp3) is 0.350. The van der Waals surface area contributed by atoms with Gasteiger partial charge in [0.15, 0.2) is 11.5 Å². The number of hydrogen-bond donors (Lipinski definition) is 1. The van der Waals surface area contributed by atoms with Gasteiger partial charge in [-0.05, 0) is 60.4 Å². The first-order valence-corrected chi connectivity index (χ1v) is 19.7. The summed E-state index contributed by atoms with van der Waals surface area (Å²) in [6, 6.07) is 24.9. The number of ether oxygens (including phenoxy) is 4. The van der Waals surface area contributed by atoms with Gasteiger partial charge in [0.25, 0.3) is 10.0 Å². The number of carbonyl (C=O) groups excluding carboxylic acids is 2. The van der Waals surface area contributed by atoms with Crippen LogP contribution >= 0.6 is 15.9 Å². The maximum Gasteiger partial charge on any atom is 0.265 e. The van der Waals surface area contributed by atoms with Crippen LogP contribution in [-0.2, 0) is 32.6 Å². The van der Waals surface area contributed by atoms with Crippen LogP contribution in [0.2, 0.25) is 0 Å². The number of amides is 2. The second-order valence-corrected chi connectivity index (χ2v) is 15.5. The summed E-state index contributed by atoms with van der Waals surface area (Å²) in [4.78, 5) is 30.7. The van der Waals surface area contributed by atoms with E-state index in [0.29, 0.717) is 11.5 Å². The molecule has 4 aromatic rings. The molecule has 0 aromatic heterocycles. The van der Waals surface area contributed by atoms with Crippen LogP contribution in [-0.4, -0.2) is 72.2 Å². The fourth-order valence-corrected chi connectivity index (χ4v) is 8.42. The minimum atomic E-state index is -4.50. The third-order valence-corrected chi connectivity index (χ3v) is 11.6. The molecular formula is C40H46BrN3O8S. The molecule has 11 nitrogen and oxygen atoms in total. The molecule has 282 valence electrons. The van der Waals surface area contributed by atoms with Crippen LogP contribution in [0.3, 0.4) is 0 Å². The summed E-state index contributed by atoms with van der Waals surface area (Å²) in [7, 11) is 1.24. The van der Waals surface area contributed by atoms with Gasteiger partial charge in [0.1, 0.15) is 24.1 Å². The van der Waals surface area contributed by atoms with E-state index in [4.69, 9.17) is 18.9 Å². The van der Waals surface area contributed by atoms with Gasteiger partial charge in [0.05, 0.1) is 39.0 Å². The minimum absolute atomic E-state index is 0.0136. The highest BCUT2D eigenvalue weighted by molar-refractivity contribution is 9.10. The molecule has 1 saturated carbocycles. The number of benzene rings is 4. The molecule has 0 heterocycles.